The molecule has 20 heteroatoms. The van der Waals surface area contributed by atoms with E-state index in [-0.39, 0.29) is 86.5 Å². The predicted molar refractivity (Wildman–Crippen MR) is 129 cm³/mol. The first kappa shape index (κ1) is 39.0. The van der Waals surface area contributed by atoms with Crippen LogP contribution in [0.2, 0.25) is 0 Å². The summed E-state index contributed by atoms with van der Waals surface area (Å²) >= 11 is 0. The third kappa shape index (κ3) is 10.7. The van der Waals surface area contributed by atoms with Crippen molar-refractivity contribution >= 4 is 41.4 Å². The van der Waals surface area contributed by atoms with E-state index in [4.69, 9.17) is 9.84 Å². The van der Waals surface area contributed by atoms with E-state index in [1.807, 2.05) is 0 Å². The third-order valence-electron chi connectivity index (χ3n) is 4.89. The number of anilines is 2. The van der Waals surface area contributed by atoms with Gasteiger partial charge in [-0.05, 0) is 55.5 Å². The average molecular weight is 643 g/mol. The maximum absolute atomic E-state index is 12.9. The van der Waals surface area contributed by atoms with E-state index in [0.29, 0.717) is 0 Å². The molecule has 0 saturated heterocycles. The second-order valence-electron chi connectivity index (χ2n) is 7.64. The Balaban J connectivity index is 0.00000760. The number of aliphatic hydroxyl groups excluding tert-OH is 4. The van der Waals surface area contributed by atoms with Gasteiger partial charge in [0.25, 0.3) is 5.56 Å². The van der Waals surface area contributed by atoms with Crippen molar-refractivity contribution in [2.75, 3.05) is 17.2 Å². The molecular formula is C20H24N2Na2O13S3. The first-order valence-corrected chi connectivity index (χ1v) is 14.8. The molecule has 0 aliphatic heterocycles. The second kappa shape index (κ2) is 16.0. The Morgan fingerprint density at radius 3 is 1.62 bits per heavy atom. The summed E-state index contributed by atoms with van der Waals surface area (Å²) in [6.45, 7) is 0.137. The molecule has 0 heterocycles. The maximum atomic E-state index is 12.9. The van der Waals surface area contributed by atoms with Crippen molar-refractivity contribution in [3.05, 3.63) is 60.6 Å². The van der Waals surface area contributed by atoms with E-state index in [9.17, 15) is 49.7 Å². The minimum atomic E-state index is -5.31. The number of aliphatic hydroxyl groups is 4. The molecule has 0 aliphatic rings. The van der Waals surface area contributed by atoms with Gasteiger partial charge in [0, 0.05) is 11.4 Å². The molecule has 0 saturated carbocycles. The molecule has 40 heavy (non-hydrogen) atoms. The van der Waals surface area contributed by atoms with Gasteiger partial charge in [0.2, 0.25) is 9.84 Å². The van der Waals surface area contributed by atoms with Gasteiger partial charge in [0.15, 0.2) is 15.9 Å². The van der Waals surface area contributed by atoms with E-state index in [1.165, 1.54) is 12.1 Å². The molecular weight excluding hydrogens is 618 g/mol. The average Bonchev–Trinajstić information content (AvgIpc) is 2.85. The first-order chi connectivity index (χ1) is 17.5. The molecule has 0 radical (unpaired) electrons. The summed E-state index contributed by atoms with van der Waals surface area (Å²) in [5.41, 5.74) is -2.40. The zero-order chi connectivity index (χ0) is 28.9. The summed E-state index contributed by atoms with van der Waals surface area (Å²) in [6.07, 6.45) is -3.88. The van der Waals surface area contributed by atoms with Gasteiger partial charge in [-0.25, -0.2) is 25.3 Å². The fourth-order valence-corrected chi connectivity index (χ4v) is 4.84. The van der Waals surface area contributed by atoms with E-state index in [1.54, 1.807) is 0 Å². The van der Waals surface area contributed by atoms with Gasteiger partial charge in [-0.15, -0.1) is 0 Å². The minimum absolute atomic E-state index is 0. The van der Waals surface area contributed by atoms with Crippen LogP contribution in [0, 0.1) is 0 Å². The standard InChI is InChI=1S/C20H26N2O13S3.2Na/c1-12(37(29,30)31)21-13-2-6-15(7-3-13)36(27,28)16-8-4-14(5-9-16)22-20(38(32,33)34)35-18(11-24)19(26)17(25)10-23;;/h2-9,11-12,17,19-26H,10H2,1H3,(H,29,30,31)(H,32,33,34);;/q;2*+1/p-2/b18-11+;;. The summed E-state index contributed by atoms with van der Waals surface area (Å²) in [5, 5.41) is 40.4. The second-order valence-corrected chi connectivity index (χ2v) is 12.7. The van der Waals surface area contributed by atoms with Crippen molar-refractivity contribution in [2.45, 2.75) is 39.9 Å². The molecule has 6 N–H and O–H groups in total. The number of benzene rings is 2. The van der Waals surface area contributed by atoms with Crippen molar-refractivity contribution in [1.29, 1.82) is 0 Å². The van der Waals surface area contributed by atoms with Crippen LogP contribution in [0.15, 0.2) is 70.3 Å². The molecule has 15 nitrogen and oxygen atoms in total. The normalized spacial score (nSPS) is 15.4. The van der Waals surface area contributed by atoms with E-state index < -0.39 is 65.6 Å². The SMILES string of the molecule is CC(Nc1ccc(S(=O)(=O)c2ccc(NC(O/C(=C/O)C(O)C(O)CO)S(=O)(=O)[O-])cc2)cc1)S(=O)(=O)[O-].[Na+].[Na+]. The largest absolute Gasteiger partial charge is 1.00 e. The number of hydrogen-bond donors (Lipinski definition) is 6. The van der Waals surface area contributed by atoms with Crippen LogP contribution in [0.1, 0.15) is 6.92 Å². The Bertz CT molecular complexity index is 1450. The topological polar surface area (TPSA) is 263 Å². The molecule has 4 unspecified atom stereocenters. The van der Waals surface area contributed by atoms with Crippen LogP contribution >= 0.6 is 0 Å². The van der Waals surface area contributed by atoms with Crippen LogP contribution < -0.4 is 69.7 Å². The molecule has 2 aromatic carbocycles. The van der Waals surface area contributed by atoms with E-state index >= 15 is 0 Å². The van der Waals surface area contributed by atoms with Gasteiger partial charge < -0.3 is 44.9 Å². The molecule has 0 aromatic heterocycles. The van der Waals surface area contributed by atoms with Crippen LogP contribution in [0.4, 0.5) is 11.4 Å². The van der Waals surface area contributed by atoms with E-state index in [0.717, 1.165) is 43.3 Å². The fourth-order valence-electron chi connectivity index (χ4n) is 2.79. The van der Waals surface area contributed by atoms with Crippen LogP contribution in [0.25, 0.3) is 0 Å². The Morgan fingerprint density at radius 1 is 0.850 bits per heavy atom. The number of nitrogens with one attached hydrogen (secondary N) is 2. The smallest absolute Gasteiger partial charge is 0.746 e. The molecule has 0 fully saturated rings. The Kier molecular flexibility index (Phi) is 15.6. The monoisotopic (exact) mass is 642 g/mol. The van der Waals surface area contributed by atoms with Gasteiger partial charge >= 0.3 is 59.1 Å². The van der Waals surface area contributed by atoms with Crippen molar-refractivity contribution in [3.63, 3.8) is 0 Å². The zero-order valence-corrected chi connectivity index (χ0v) is 27.8. The first-order valence-electron chi connectivity index (χ1n) is 10.4. The Labute approximate surface area is 275 Å². The van der Waals surface area contributed by atoms with Gasteiger partial charge in [-0.2, -0.15) is 0 Å². The van der Waals surface area contributed by atoms with Crippen molar-refractivity contribution in [1.82, 2.24) is 0 Å². The number of sulfone groups is 1. The predicted octanol–water partition coefficient (Wildman–Crippen LogP) is -6.80. The maximum Gasteiger partial charge on any atom is 1.00 e. The molecule has 4 atom stereocenters. The molecule has 212 valence electrons. The Hall–Kier alpha value is -0.970. The Morgan fingerprint density at radius 2 is 1.27 bits per heavy atom. The van der Waals surface area contributed by atoms with Gasteiger partial charge in [-0.3, -0.25) is 0 Å². The quantitative estimate of drug-likeness (QED) is 0.0513. The van der Waals surface area contributed by atoms with Crippen LogP contribution in [0.5, 0.6) is 0 Å². The molecule has 2 rings (SSSR count). The fraction of sp³-hybridized carbons (Fsp3) is 0.300. The van der Waals surface area contributed by atoms with Gasteiger partial charge in [0.05, 0.1) is 16.4 Å². The summed E-state index contributed by atoms with van der Waals surface area (Å²) < 4.78 is 98.5. The summed E-state index contributed by atoms with van der Waals surface area (Å²) in [7, 11) is -14.0. The summed E-state index contributed by atoms with van der Waals surface area (Å²) in [4.78, 5) is -0.446. The van der Waals surface area contributed by atoms with Gasteiger partial charge in [-0.1, -0.05) is 0 Å². The van der Waals surface area contributed by atoms with Crippen molar-refractivity contribution < 1.29 is 119 Å². The number of hydrogen-bond acceptors (Lipinski definition) is 15. The minimum Gasteiger partial charge on any atom is -0.746 e. The van der Waals surface area contributed by atoms with Crippen LogP contribution in [-0.4, -0.2) is 84.5 Å². The summed E-state index contributed by atoms with van der Waals surface area (Å²) in [6, 6.07) is 9.14. The van der Waals surface area contributed by atoms with Crippen LogP contribution in [-0.2, 0) is 34.8 Å². The van der Waals surface area contributed by atoms with Crippen molar-refractivity contribution in [3.8, 4) is 0 Å². The summed E-state index contributed by atoms with van der Waals surface area (Å²) in [5.74, 6) is -0.956. The molecule has 0 spiro atoms. The third-order valence-corrected chi connectivity index (χ3v) is 8.40. The number of ether oxygens (including phenoxy) is 1. The number of rotatable bonds is 13. The molecule has 0 bridgehead atoms. The molecule has 2 aromatic rings. The van der Waals surface area contributed by atoms with Crippen LogP contribution in [0.3, 0.4) is 0 Å². The zero-order valence-electron chi connectivity index (χ0n) is 21.4. The van der Waals surface area contributed by atoms with Gasteiger partial charge in [0.1, 0.15) is 34.0 Å². The van der Waals surface area contributed by atoms with Crippen molar-refractivity contribution in [2.24, 2.45) is 0 Å². The molecule has 0 amide bonds. The van der Waals surface area contributed by atoms with E-state index in [2.05, 4.69) is 10.6 Å². The molecule has 0 aliphatic carbocycles.